The van der Waals surface area contributed by atoms with Crippen LogP contribution in [-0.2, 0) is 16.2 Å². The molecule has 8 nitrogen and oxygen atoms in total. The number of carbonyl (C=O) groups excluding carboxylic acids is 1. The van der Waals surface area contributed by atoms with Crippen LogP contribution in [0.15, 0.2) is 49.1 Å². The predicted molar refractivity (Wildman–Crippen MR) is 88.5 cm³/mol. The minimum absolute atomic E-state index is 0.133. The normalized spacial score (nSPS) is 20.4. The minimum atomic E-state index is -1.00. The maximum absolute atomic E-state index is 12.5. The van der Waals surface area contributed by atoms with E-state index in [1.165, 1.54) is 28.2 Å². The number of hydrogen-bond acceptors (Lipinski definition) is 5. The number of likely N-dealkylation sites (tertiary alicyclic amines) is 1. The van der Waals surface area contributed by atoms with Crippen molar-refractivity contribution in [3.05, 3.63) is 54.6 Å². The zero-order valence-corrected chi connectivity index (χ0v) is 13.6. The number of carboxylic acids is 1. The van der Waals surface area contributed by atoms with Crippen LogP contribution < -0.4 is 5.48 Å². The van der Waals surface area contributed by atoms with Gasteiger partial charge in [-0.25, -0.2) is 14.6 Å². The number of nitrogens with one attached hydrogen (secondary N) is 1. The van der Waals surface area contributed by atoms with Gasteiger partial charge in [-0.2, -0.15) is 5.48 Å². The smallest absolute Gasteiger partial charge is 0.330 e. The van der Waals surface area contributed by atoms with Gasteiger partial charge in [-0.1, -0.05) is 30.3 Å². The van der Waals surface area contributed by atoms with E-state index in [2.05, 4.69) is 10.5 Å². The summed E-state index contributed by atoms with van der Waals surface area (Å²) >= 11 is 0. The summed E-state index contributed by atoms with van der Waals surface area (Å²) < 4.78 is 1.28. The van der Waals surface area contributed by atoms with E-state index in [1.54, 1.807) is 0 Å². The molecule has 2 aromatic rings. The number of aliphatic carboxylic acids is 1. The second-order valence-corrected chi connectivity index (χ2v) is 5.93. The maximum atomic E-state index is 12.5. The van der Waals surface area contributed by atoms with Crippen molar-refractivity contribution in [3.8, 4) is 0 Å². The van der Waals surface area contributed by atoms with Gasteiger partial charge in [0.1, 0.15) is 12.4 Å². The van der Waals surface area contributed by atoms with Gasteiger partial charge in [-0.05, 0) is 18.4 Å². The third-order valence-corrected chi connectivity index (χ3v) is 4.17. The standard InChI is InChI=1S/C17H20N4O4/c22-16(23)15-7-6-14(19-25-11-13-4-2-1-3-5-13)10-21(15)17(24)20-9-8-18-12-20/h1-5,8-9,12,14-15,19H,6-7,10-11H2,(H,22,23)/t14-,15+/m1/s1. The molecule has 0 spiro atoms. The number of carboxylic acid groups (broad SMARTS) is 1. The van der Waals surface area contributed by atoms with Crippen LogP contribution in [0.2, 0.25) is 0 Å². The van der Waals surface area contributed by atoms with Crippen LogP contribution in [-0.4, -0.2) is 50.2 Å². The van der Waals surface area contributed by atoms with E-state index in [0.29, 0.717) is 19.4 Å². The number of imidazole rings is 1. The molecule has 1 saturated heterocycles. The Hall–Kier alpha value is -2.71. The number of nitrogens with zero attached hydrogens (tertiary/aromatic N) is 3. The topological polar surface area (TPSA) is 96.7 Å². The SMILES string of the molecule is O=C(O)[C@@H]1CC[C@@H](NOCc2ccccc2)CN1C(=O)n1ccnc1. The molecule has 1 amide bonds. The number of piperidine rings is 1. The Balaban J connectivity index is 1.60. The molecule has 1 aliphatic heterocycles. The number of amides is 1. The van der Waals surface area contributed by atoms with Gasteiger partial charge in [0.05, 0.1) is 12.6 Å². The van der Waals surface area contributed by atoms with Crippen molar-refractivity contribution in [1.29, 1.82) is 0 Å². The van der Waals surface area contributed by atoms with Crippen molar-refractivity contribution in [3.63, 3.8) is 0 Å². The Bertz CT molecular complexity index is 705. The molecule has 0 unspecified atom stereocenters. The van der Waals surface area contributed by atoms with Crippen LogP contribution in [0.1, 0.15) is 18.4 Å². The first-order valence-corrected chi connectivity index (χ1v) is 8.08. The van der Waals surface area contributed by atoms with Gasteiger partial charge in [-0.3, -0.25) is 9.40 Å². The van der Waals surface area contributed by atoms with Gasteiger partial charge in [-0.15, -0.1) is 0 Å². The van der Waals surface area contributed by atoms with Gasteiger partial charge in [0.2, 0.25) is 0 Å². The van der Waals surface area contributed by atoms with Crippen LogP contribution in [0, 0.1) is 0 Å². The molecule has 1 aromatic heterocycles. The summed E-state index contributed by atoms with van der Waals surface area (Å²) in [5.41, 5.74) is 3.98. The van der Waals surface area contributed by atoms with Gasteiger partial charge in [0.25, 0.3) is 0 Å². The number of hydroxylamine groups is 1. The highest BCUT2D eigenvalue weighted by Gasteiger charge is 2.36. The molecule has 2 atom stereocenters. The highest BCUT2D eigenvalue weighted by Crippen LogP contribution is 2.19. The van der Waals surface area contributed by atoms with Gasteiger partial charge in [0, 0.05) is 18.9 Å². The lowest BCUT2D eigenvalue weighted by Crippen LogP contribution is -2.56. The molecule has 0 radical (unpaired) electrons. The summed E-state index contributed by atoms with van der Waals surface area (Å²) in [5, 5.41) is 9.40. The monoisotopic (exact) mass is 344 g/mol. The highest BCUT2D eigenvalue weighted by atomic mass is 16.6. The van der Waals surface area contributed by atoms with Gasteiger partial charge < -0.3 is 10.0 Å². The lowest BCUT2D eigenvalue weighted by Gasteiger charge is -2.37. The summed E-state index contributed by atoms with van der Waals surface area (Å²) in [4.78, 5) is 34.7. The number of carbonyl (C=O) groups is 2. The van der Waals surface area contributed by atoms with E-state index in [4.69, 9.17) is 4.84 Å². The molecule has 8 heteroatoms. The first-order chi connectivity index (χ1) is 12.1. The van der Waals surface area contributed by atoms with E-state index < -0.39 is 18.0 Å². The van der Waals surface area contributed by atoms with E-state index in [1.807, 2.05) is 30.3 Å². The molecular weight excluding hydrogens is 324 g/mol. The Kier molecular flexibility index (Phi) is 5.42. The van der Waals surface area contributed by atoms with Crippen molar-refractivity contribution < 1.29 is 19.5 Å². The predicted octanol–water partition coefficient (Wildman–Crippen LogP) is 1.49. The van der Waals surface area contributed by atoms with Crippen molar-refractivity contribution in [2.75, 3.05) is 6.54 Å². The quantitative estimate of drug-likeness (QED) is 0.798. The molecular formula is C17H20N4O4. The average Bonchev–Trinajstić information content (AvgIpc) is 3.16. The molecule has 132 valence electrons. The molecule has 2 heterocycles. The van der Waals surface area contributed by atoms with E-state index in [9.17, 15) is 14.7 Å². The van der Waals surface area contributed by atoms with E-state index in [0.717, 1.165) is 5.56 Å². The van der Waals surface area contributed by atoms with Crippen LogP contribution in [0.4, 0.5) is 4.79 Å². The number of benzene rings is 1. The Morgan fingerprint density at radius 2 is 2.08 bits per heavy atom. The summed E-state index contributed by atoms with van der Waals surface area (Å²) in [7, 11) is 0. The Labute approximate surface area is 145 Å². The first kappa shape index (κ1) is 17.1. The molecule has 2 N–H and O–H groups in total. The van der Waals surface area contributed by atoms with E-state index >= 15 is 0 Å². The molecule has 1 fully saturated rings. The third-order valence-electron chi connectivity index (χ3n) is 4.17. The molecule has 3 rings (SSSR count). The van der Waals surface area contributed by atoms with E-state index in [-0.39, 0.29) is 12.6 Å². The summed E-state index contributed by atoms with van der Waals surface area (Å²) in [6, 6.07) is 8.33. The third kappa shape index (κ3) is 4.23. The summed E-state index contributed by atoms with van der Waals surface area (Å²) in [6.07, 6.45) is 5.33. The van der Waals surface area contributed by atoms with Gasteiger partial charge in [0.15, 0.2) is 0 Å². The molecule has 1 aliphatic rings. The molecule has 25 heavy (non-hydrogen) atoms. The first-order valence-electron chi connectivity index (χ1n) is 8.08. The van der Waals surface area contributed by atoms with Crippen molar-refractivity contribution in [2.24, 2.45) is 0 Å². The van der Waals surface area contributed by atoms with Crippen molar-refractivity contribution in [1.82, 2.24) is 19.9 Å². The molecule has 0 saturated carbocycles. The Morgan fingerprint density at radius 3 is 2.76 bits per heavy atom. The summed E-state index contributed by atoms with van der Waals surface area (Å²) in [5.74, 6) is -1.00. The number of hydrogen-bond donors (Lipinski definition) is 2. The van der Waals surface area contributed by atoms with Crippen LogP contribution in [0.25, 0.3) is 0 Å². The minimum Gasteiger partial charge on any atom is -0.480 e. The lowest BCUT2D eigenvalue weighted by atomic mass is 9.99. The van der Waals surface area contributed by atoms with Crippen LogP contribution >= 0.6 is 0 Å². The fourth-order valence-electron chi connectivity index (χ4n) is 2.87. The fourth-order valence-corrected chi connectivity index (χ4v) is 2.87. The Morgan fingerprint density at radius 1 is 1.28 bits per heavy atom. The number of rotatable bonds is 5. The highest BCUT2D eigenvalue weighted by molar-refractivity contribution is 5.84. The number of aromatic nitrogens is 2. The zero-order valence-electron chi connectivity index (χ0n) is 13.6. The maximum Gasteiger partial charge on any atom is 0.330 e. The zero-order chi connectivity index (χ0) is 17.6. The molecule has 0 aliphatic carbocycles. The van der Waals surface area contributed by atoms with Crippen molar-refractivity contribution >= 4 is 12.0 Å². The largest absolute Gasteiger partial charge is 0.480 e. The lowest BCUT2D eigenvalue weighted by molar-refractivity contribution is -0.144. The van der Waals surface area contributed by atoms with Crippen LogP contribution in [0.5, 0.6) is 0 Å². The second kappa shape index (κ2) is 7.91. The van der Waals surface area contributed by atoms with Crippen LogP contribution in [0.3, 0.4) is 0 Å². The molecule has 1 aromatic carbocycles. The molecule has 0 bridgehead atoms. The van der Waals surface area contributed by atoms with Gasteiger partial charge >= 0.3 is 12.0 Å². The summed E-state index contributed by atoms with van der Waals surface area (Å²) in [6.45, 7) is 0.651. The second-order valence-electron chi connectivity index (χ2n) is 5.93. The van der Waals surface area contributed by atoms with Crippen molar-refractivity contribution in [2.45, 2.75) is 31.5 Å². The average molecular weight is 344 g/mol. The fraction of sp³-hybridized carbons (Fsp3) is 0.353.